The standard InChI is InChI=1S/C16H20N2O2/c1-13(16-9-5-6-10-17-16)18-11-14(19)12-20-15-7-3-2-4-8-15/h2-10,13-14,18-19H,11-12H2,1H3/t13-,14?/m1/s1. The predicted octanol–water partition coefficient (Wildman–Crippen LogP) is 2.17. The third kappa shape index (κ3) is 4.64. The van der Waals surface area contributed by atoms with Crippen LogP contribution in [0, 0.1) is 0 Å². The number of aromatic nitrogens is 1. The fourth-order valence-electron chi connectivity index (χ4n) is 1.82. The first-order valence-electron chi connectivity index (χ1n) is 6.76. The summed E-state index contributed by atoms with van der Waals surface area (Å²) in [4.78, 5) is 4.27. The minimum atomic E-state index is -0.554. The minimum Gasteiger partial charge on any atom is -0.491 e. The van der Waals surface area contributed by atoms with Gasteiger partial charge in [0, 0.05) is 18.8 Å². The number of hydrogen-bond acceptors (Lipinski definition) is 4. The normalized spacial score (nSPS) is 13.7. The zero-order valence-electron chi connectivity index (χ0n) is 11.6. The molecule has 20 heavy (non-hydrogen) atoms. The number of nitrogens with zero attached hydrogens (tertiary/aromatic N) is 1. The molecule has 2 aromatic rings. The van der Waals surface area contributed by atoms with Crippen molar-refractivity contribution in [2.24, 2.45) is 0 Å². The van der Waals surface area contributed by atoms with Gasteiger partial charge in [-0.05, 0) is 31.2 Å². The molecule has 106 valence electrons. The molecular formula is C16H20N2O2. The van der Waals surface area contributed by atoms with Crippen LogP contribution < -0.4 is 10.1 Å². The number of aliphatic hydroxyl groups excluding tert-OH is 1. The molecule has 0 saturated heterocycles. The van der Waals surface area contributed by atoms with E-state index < -0.39 is 6.10 Å². The van der Waals surface area contributed by atoms with Crippen LogP contribution in [0.25, 0.3) is 0 Å². The van der Waals surface area contributed by atoms with Crippen LogP contribution in [0.2, 0.25) is 0 Å². The van der Waals surface area contributed by atoms with Gasteiger partial charge < -0.3 is 15.2 Å². The summed E-state index contributed by atoms with van der Waals surface area (Å²) in [5.41, 5.74) is 0.962. The van der Waals surface area contributed by atoms with Crippen LogP contribution in [0.15, 0.2) is 54.7 Å². The monoisotopic (exact) mass is 272 g/mol. The molecule has 0 spiro atoms. The second-order valence-corrected chi connectivity index (χ2v) is 4.66. The fraction of sp³-hybridized carbons (Fsp3) is 0.312. The average molecular weight is 272 g/mol. The van der Waals surface area contributed by atoms with Crippen molar-refractivity contribution in [1.29, 1.82) is 0 Å². The Morgan fingerprint density at radius 3 is 2.60 bits per heavy atom. The van der Waals surface area contributed by atoms with Crippen molar-refractivity contribution in [3.8, 4) is 5.75 Å². The zero-order valence-corrected chi connectivity index (χ0v) is 11.6. The molecule has 0 aliphatic heterocycles. The van der Waals surface area contributed by atoms with Crippen molar-refractivity contribution in [1.82, 2.24) is 10.3 Å². The number of para-hydroxylation sites is 1. The van der Waals surface area contributed by atoms with E-state index in [1.807, 2.05) is 55.5 Å². The molecule has 1 unspecified atom stereocenters. The lowest BCUT2D eigenvalue weighted by atomic mass is 10.2. The SMILES string of the molecule is C[C@@H](NCC(O)COc1ccccc1)c1ccccn1. The van der Waals surface area contributed by atoms with E-state index in [4.69, 9.17) is 4.74 Å². The zero-order chi connectivity index (χ0) is 14.2. The largest absolute Gasteiger partial charge is 0.491 e. The molecular weight excluding hydrogens is 252 g/mol. The highest BCUT2D eigenvalue weighted by molar-refractivity contribution is 5.20. The van der Waals surface area contributed by atoms with E-state index in [1.54, 1.807) is 6.20 Å². The Balaban J connectivity index is 1.71. The number of hydrogen-bond donors (Lipinski definition) is 2. The topological polar surface area (TPSA) is 54.4 Å². The Morgan fingerprint density at radius 2 is 1.90 bits per heavy atom. The predicted molar refractivity (Wildman–Crippen MR) is 78.6 cm³/mol. The smallest absolute Gasteiger partial charge is 0.119 e. The van der Waals surface area contributed by atoms with Gasteiger partial charge in [0.2, 0.25) is 0 Å². The van der Waals surface area contributed by atoms with Crippen molar-refractivity contribution < 1.29 is 9.84 Å². The molecule has 0 saturated carbocycles. The van der Waals surface area contributed by atoms with Crippen LogP contribution in [0.3, 0.4) is 0 Å². The van der Waals surface area contributed by atoms with Crippen LogP contribution in [-0.2, 0) is 0 Å². The van der Waals surface area contributed by atoms with Gasteiger partial charge in [-0.25, -0.2) is 0 Å². The first-order valence-corrected chi connectivity index (χ1v) is 6.76. The third-order valence-corrected chi connectivity index (χ3v) is 2.98. The maximum Gasteiger partial charge on any atom is 0.119 e. The Labute approximate surface area is 119 Å². The lowest BCUT2D eigenvalue weighted by molar-refractivity contribution is 0.104. The van der Waals surface area contributed by atoms with Crippen molar-refractivity contribution in [3.05, 3.63) is 60.4 Å². The molecule has 4 nitrogen and oxygen atoms in total. The van der Waals surface area contributed by atoms with E-state index in [-0.39, 0.29) is 12.6 Å². The lowest BCUT2D eigenvalue weighted by Gasteiger charge is -2.17. The molecule has 0 fully saturated rings. The van der Waals surface area contributed by atoms with Crippen LogP contribution in [0.4, 0.5) is 0 Å². The highest BCUT2D eigenvalue weighted by Crippen LogP contribution is 2.09. The van der Waals surface area contributed by atoms with Gasteiger partial charge in [-0.1, -0.05) is 24.3 Å². The van der Waals surface area contributed by atoms with Crippen LogP contribution in [-0.4, -0.2) is 29.3 Å². The second kappa shape index (κ2) is 7.62. The Hall–Kier alpha value is -1.91. The molecule has 0 aliphatic carbocycles. The summed E-state index contributed by atoms with van der Waals surface area (Å²) in [5, 5.41) is 13.1. The molecule has 2 atom stereocenters. The molecule has 0 bridgehead atoms. The van der Waals surface area contributed by atoms with E-state index in [9.17, 15) is 5.11 Å². The molecule has 2 rings (SSSR count). The van der Waals surface area contributed by atoms with Gasteiger partial charge in [0.15, 0.2) is 0 Å². The first kappa shape index (κ1) is 14.5. The summed E-state index contributed by atoms with van der Waals surface area (Å²) in [5.74, 6) is 0.768. The summed E-state index contributed by atoms with van der Waals surface area (Å²) in [6.45, 7) is 2.75. The summed E-state index contributed by atoms with van der Waals surface area (Å²) in [6.07, 6.45) is 1.21. The first-order chi connectivity index (χ1) is 9.75. The van der Waals surface area contributed by atoms with Gasteiger partial charge in [0.25, 0.3) is 0 Å². The van der Waals surface area contributed by atoms with E-state index in [2.05, 4.69) is 10.3 Å². The molecule has 0 aliphatic rings. The minimum absolute atomic E-state index is 0.0996. The van der Waals surface area contributed by atoms with Gasteiger partial charge >= 0.3 is 0 Å². The second-order valence-electron chi connectivity index (χ2n) is 4.66. The maximum atomic E-state index is 9.90. The van der Waals surface area contributed by atoms with Gasteiger partial charge in [-0.15, -0.1) is 0 Å². The van der Waals surface area contributed by atoms with Gasteiger partial charge in [0.05, 0.1) is 5.69 Å². The average Bonchev–Trinajstić information content (AvgIpc) is 2.52. The molecule has 0 radical (unpaired) electrons. The van der Waals surface area contributed by atoms with Gasteiger partial charge in [0.1, 0.15) is 18.5 Å². The van der Waals surface area contributed by atoms with Crippen molar-refractivity contribution in [2.75, 3.05) is 13.2 Å². The van der Waals surface area contributed by atoms with Crippen LogP contribution in [0.1, 0.15) is 18.7 Å². The molecule has 4 heteroatoms. The molecule has 2 N–H and O–H groups in total. The molecule has 1 aromatic carbocycles. The lowest BCUT2D eigenvalue weighted by Crippen LogP contribution is -2.33. The Bertz CT molecular complexity index is 490. The van der Waals surface area contributed by atoms with Crippen molar-refractivity contribution >= 4 is 0 Å². The number of benzene rings is 1. The number of ether oxygens (including phenoxy) is 1. The van der Waals surface area contributed by atoms with Crippen molar-refractivity contribution in [3.63, 3.8) is 0 Å². The maximum absolute atomic E-state index is 9.90. The molecule has 0 amide bonds. The number of pyridine rings is 1. The Kier molecular flexibility index (Phi) is 5.53. The number of aliphatic hydroxyl groups is 1. The summed E-state index contributed by atoms with van der Waals surface area (Å²) in [6, 6.07) is 15.4. The van der Waals surface area contributed by atoms with E-state index in [0.717, 1.165) is 11.4 Å². The number of nitrogens with one attached hydrogen (secondary N) is 1. The van der Waals surface area contributed by atoms with Gasteiger partial charge in [-0.3, -0.25) is 4.98 Å². The third-order valence-electron chi connectivity index (χ3n) is 2.98. The summed E-state index contributed by atoms with van der Waals surface area (Å²) in [7, 11) is 0. The molecule has 1 heterocycles. The molecule has 1 aromatic heterocycles. The summed E-state index contributed by atoms with van der Waals surface area (Å²) < 4.78 is 5.50. The Morgan fingerprint density at radius 1 is 1.15 bits per heavy atom. The number of rotatable bonds is 7. The van der Waals surface area contributed by atoms with Gasteiger partial charge in [-0.2, -0.15) is 0 Å². The quantitative estimate of drug-likeness (QED) is 0.811. The highest BCUT2D eigenvalue weighted by atomic mass is 16.5. The summed E-state index contributed by atoms with van der Waals surface area (Å²) >= 11 is 0. The van der Waals surface area contributed by atoms with Crippen molar-refractivity contribution in [2.45, 2.75) is 19.1 Å². The van der Waals surface area contributed by atoms with E-state index >= 15 is 0 Å². The fourth-order valence-corrected chi connectivity index (χ4v) is 1.82. The van der Waals surface area contributed by atoms with Crippen LogP contribution in [0.5, 0.6) is 5.75 Å². The van der Waals surface area contributed by atoms with E-state index in [1.165, 1.54) is 0 Å². The van der Waals surface area contributed by atoms with Crippen LogP contribution >= 0.6 is 0 Å². The van der Waals surface area contributed by atoms with E-state index in [0.29, 0.717) is 6.54 Å². The highest BCUT2D eigenvalue weighted by Gasteiger charge is 2.10.